The Labute approximate surface area is 91.4 Å². The van der Waals surface area contributed by atoms with Crippen LogP contribution in [0.5, 0.6) is 5.75 Å². The lowest BCUT2D eigenvalue weighted by molar-refractivity contribution is 0.474. The summed E-state index contributed by atoms with van der Waals surface area (Å²) in [4.78, 5) is 0. The topological polar surface area (TPSA) is 70.6 Å². The van der Waals surface area contributed by atoms with Gasteiger partial charge in [0.25, 0.3) is 0 Å². The van der Waals surface area contributed by atoms with Crippen LogP contribution >= 0.6 is 23.8 Å². The summed E-state index contributed by atoms with van der Waals surface area (Å²) >= 11 is 10.2. The Hall–Kier alpha value is -1.33. The minimum atomic E-state index is 0.0581. The molecule has 0 aromatic heterocycles. The van der Waals surface area contributed by atoms with Crippen molar-refractivity contribution in [2.75, 3.05) is 0 Å². The molecule has 0 heterocycles. The second kappa shape index (κ2) is 4.78. The molecule has 0 atom stereocenters. The van der Waals surface area contributed by atoms with E-state index in [1.807, 2.05) is 0 Å². The van der Waals surface area contributed by atoms with Gasteiger partial charge in [-0.3, -0.25) is 5.43 Å². The molecular formula is C8H8ClN3OS. The summed E-state index contributed by atoms with van der Waals surface area (Å²) in [6, 6.07) is 4.63. The van der Waals surface area contributed by atoms with E-state index in [-0.39, 0.29) is 10.9 Å². The molecule has 0 amide bonds. The Kier molecular flexibility index (Phi) is 3.67. The number of aromatic hydroxyl groups is 1. The number of nitrogens with one attached hydrogen (secondary N) is 1. The maximum absolute atomic E-state index is 9.36. The van der Waals surface area contributed by atoms with Crippen molar-refractivity contribution in [3.05, 3.63) is 28.8 Å². The van der Waals surface area contributed by atoms with E-state index in [1.54, 1.807) is 12.1 Å². The molecule has 0 spiro atoms. The molecule has 4 N–H and O–H groups in total. The molecule has 0 saturated heterocycles. The number of hydrogen-bond acceptors (Lipinski definition) is 3. The average Bonchev–Trinajstić information content (AvgIpc) is 2.10. The van der Waals surface area contributed by atoms with Gasteiger partial charge in [-0.15, -0.1) is 0 Å². The molecule has 74 valence electrons. The maximum Gasteiger partial charge on any atom is 0.184 e. The highest BCUT2D eigenvalue weighted by Crippen LogP contribution is 2.19. The quantitative estimate of drug-likeness (QED) is 0.405. The van der Waals surface area contributed by atoms with Gasteiger partial charge in [-0.25, -0.2) is 0 Å². The normalized spacial score (nSPS) is 10.4. The highest BCUT2D eigenvalue weighted by atomic mass is 35.5. The summed E-state index contributed by atoms with van der Waals surface area (Å²) in [5, 5.41) is 13.6. The van der Waals surface area contributed by atoms with Crippen molar-refractivity contribution in [1.82, 2.24) is 5.43 Å². The first-order valence-electron chi connectivity index (χ1n) is 3.66. The molecule has 4 nitrogen and oxygen atoms in total. The van der Waals surface area contributed by atoms with Crippen LogP contribution in [0.25, 0.3) is 0 Å². The van der Waals surface area contributed by atoms with Gasteiger partial charge in [-0.05, 0) is 30.4 Å². The molecule has 6 heteroatoms. The molecule has 1 aromatic carbocycles. The molecule has 1 aromatic rings. The van der Waals surface area contributed by atoms with Crippen LogP contribution < -0.4 is 11.2 Å². The number of phenols is 1. The molecule has 1 rings (SSSR count). The summed E-state index contributed by atoms with van der Waals surface area (Å²) in [5.41, 5.74) is 7.99. The van der Waals surface area contributed by atoms with Gasteiger partial charge in [0, 0.05) is 10.6 Å². The second-order valence-corrected chi connectivity index (χ2v) is 3.31. The molecule has 0 fully saturated rings. The van der Waals surface area contributed by atoms with E-state index in [9.17, 15) is 5.11 Å². The van der Waals surface area contributed by atoms with E-state index < -0.39 is 0 Å². The Morgan fingerprint density at radius 2 is 2.36 bits per heavy atom. The third-order valence-corrected chi connectivity index (χ3v) is 1.69. The van der Waals surface area contributed by atoms with Crippen molar-refractivity contribution >= 4 is 35.1 Å². The highest BCUT2D eigenvalue weighted by molar-refractivity contribution is 7.80. The van der Waals surface area contributed by atoms with Crippen molar-refractivity contribution in [2.45, 2.75) is 0 Å². The molecule has 0 radical (unpaired) electrons. The summed E-state index contributed by atoms with van der Waals surface area (Å²) in [7, 11) is 0. The molecule has 0 saturated carbocycles. The van der Waals surface area contributed by atoms with Crippen LogP contribution in [0.1, 0.15) is 5.56 Å². The maximum atomic E-state index is 9.36. The predicted molar refractivity (Wildman–Crippen MR) is 60.6 cm³/mol. The second-order valence-electron chi connectivity index (χ2n) is 2.44. The van der Waals surface area contributed by atoms with Gasteiger partial charge >= 0.3 is 0 Å². The summed E-state index contributed by atoms with van der Waals surface area (Å²) in [5.74, 6) is 0.0860. The Bertz CT molecular complexity index is 381. The fraction of sp³-hybridized carbons (Fsp3) is 0. The van der Waals surface area contributed by atoms with E-state index in [0.29, 0.717) is 10.6 Å². The van der Waals surface area contributed by atoms with Crippen LogP contribution in [0.15, 0.2) is 23.3 Å². The zero-order valence-corrected chi connectivity index (χ0v) is 8.64. The lowest BCUT2D eigenvalue weighted by Gasteiger charge is -1.99. The average molecular weight is 230 g/mol. The number of rotatable bonds is 2. The zero-order chi connectivity index (χ0) is 10.6. The third-order valence-electron chi connectivity index (χ3n) is 1.37. The van der Waals surface area contributed by atoms with Gasteiger partial charge in [0.15, 0.2) is 5.11 Å². The van der Waals surface area contributed by atoms with Crippen LogP contribution in [-0.2, 0) is 0 Å². The van der Waals surface area contributed by atoms with Gasteiger partial charge in [0.1, 0.15) is 5.75 Å². The first-order chi connectivity index (χ1) is 6.59. The Morgan fingerprint density at radius 1 is 1.64 bits per heavy atom. The van der Waals surface area contributed by atoms with E-state index >= 15 is 0 Å². The molecule has 14 heavy (non-hydrogen) atoms. The third kappa shape index (κ3) is 3.20. The number of hydrazone groups is 1. The first-order valence-corrected chi connectivity index (χ1v) is 4.45. The highest BCUT2D eigenvalue weighted by Gasteiger charge is 1.98. The zero-order valence-electron chi connectivity index (χ0n) is 7.07. The minimum Gasteiger partial charge on any atom is -0.507 e. The lowest BCUT2D eigenvalue weighted by atomic mass is 10.2. The van der Waals surface area contributed by atoms with Crippen molar-refractivity contribution in [3.63, 3.8) is 0 Å². The van der Waals surface area contributed by atoms with Gasteiger partial charge < -0.3 is 10.8 Å². The first kappa shape index (κ1) is 10.7. The van der Waals surface area contributed by atoms with Gasteiger partial charge in [-0.1, -0.05) is 11.6 Å². The summed E-state index contributed by atoms with van der Waals surface area (Å²) in [6.07, 6.45) is 1.38. The van der Waals surface area contributed by atoms with Crippen LogP contribution in [0.4, 0.5) is 0 Å². The SMILES string of the molecule is NC(=S)N/N=C\c1cc(Cl)ccc1O. The fourth-order valence-electron chi connectivity index (χ4n) is 0.794. The Morgan fingerprint density at radius 3 is 3.00 bits per heavy atom. The van der Waals surface area contributed by atoms with Crippen molar-refractivity contribution < 1.29 is 5.11 Å². The number of thiocarbonyl (C=S) groups is 1. The largest absolute Gasteiger partial charge is 0.507 e. The number of benzene rings is 1. The lowest BCUT2D eigenvalue weighted by Crippen LogP contribution is -2.23. The number of hydrogen-bond donors (Lipinski definition) is 3. The van der Waals surface area contributed by atoms with Crippen LogP contribution in [0.2, 0.25) is 5.02 Å². The minimum absolute atomic E-state index is 0.0581. The number of halogens is 1. The number of nitrogens with two attached hydrogens (primary N) is 1. The summed E-state index contributed by atoms with van der Waals surface area (Å²) in [6.45, 7) is 0. The predicted octanol–water partition coefficient (Wildman–Crippen LogP) is 1.21. The fourth-order valence-corrected chi connectivity index (χ4v) is 1.03. The van der Waals surface area contributed by atoms with Crippen LogP contribution in [0, 0.1) is 0 Å². The van der Waals surface area contributed by atoms with Crippen LogP contribution in [0.3, 0.4) is 0 Å². The number of phenolic OH excluding ortho intramolecular Hbond substituents is 1. The smallest absolute Gasteiger partial charge is 0.184 e. The molecule has 0 bridgehead atoms. The molecular weight excluding hydrogens is 222 g/mol. The van der Waals surface area contributed by atoms with E-state index in [0.717, 1.165) is 0 Å². The molecule has 0 aliphatic carbocycles. The van der Waals surface area contributed by atoms with Crippen molar-refractivity contribution in [2.24, 2.45) is 10.8 Å². The Balaban J connectivity index is 2.80. The van der Waals surface area contributed by atoms with Gasteiger partial charge in [-0.2, -0.15) is 5.10 Å². The van der Waals surface area contributed by atoms with E-state index in [2.05, 4.69) is 22.7 Å². The number of nitrogens with zero attached hydrogens (tertiary/aromatic N) is 1. The van der Waals surface area contributed by atoms with Gasteiger partial charge in [0.2, 0.25) is 0 Å². The van der Waals surface area contributed by atoms with E-state index in [1.165, 1.54) is 12.3 Å². The van der Waals surface area contributed by atoms with Crippen molar-refractivity contribution in [1.29, 1.82) is 0 Å². The standard InChI is InChI=1S/C8H8ClN3OS/c9-6-1-2-7(13)5(3-6)4-11-12-8(10)14/h1-4,13H,(H3,10,12,14)/b11-4-. The molecule has 0 unspecified atom stereocenters. The van der Waals surface area contributed by atoms with Gasteiger partial charge in [0.05, 0.1) is 6.21 Å². The molecule has 0 aliphatic rings. The van der Waals surface area contributed by atoms with Crippen LogP contribution in [-0.4, -0.2) is 16.4 Å². The summed E-state index contributed by atoms with van der Waals surface area (Å²) < 4.78 is 0. The molecule has 0 aliphatic heterocycles. The van der Waals surface area contributed by atoms with E-state index in [4.69, 9.17) is 17.3 Å². The van der Waals surface area contributed by atoms with Crippen molar-refractivity contribution in [3.8, 4) is 5.75 Å². The monoisotopic (exact) mass is 229 g/mol.